The first kappa shape index (κ1) is 17.4. The molecule has 1 aromatic carbocycles. The van der Waals surface area contributed by atoms with Gasteiger partial charge in [-0.05, 0) is 43.5 Å². The minimum absolute atomic E-state index is 0.0993. The van der Waals surface area contributed by atoms with Crippen molar-refractivity contribution in [2.75, 3.05) is 31.1 Å². The van der Waals surface area contributed by atoms with Crippen LogP contribution in [0.5, 0.6) is 0 Å². The second-order valence-electron chi connectivity index (χ2n) is 6.33. The van der Waals surface area contributed by atoms with Gasteiger partial charge in [-0.3, -0.25) is 4.79 Å². The summed E-state index contributed by atoms with van der Waals surface area (Å²) in [6.07, 6.45) is 3.14. The molecule has 0 radical (unpaired) electrons. The Morgan fingerprint density at radius 2 is 1.84 bits per heavy atom. The van der Waals surface area contributed by atoms with Gasteiger partial charge in [-0.1, -0.05) is 30.3 Å². The lowest BCUT2D eigenvalue weighted by Crippen LogP contribution is -2.33. The number of carbonyl (C=O) groups is 1. The summed E-state index contributed by atoms with van der Waals surface area (Å²) in [6.45, 7) is 3.74. The van der Waals surface area contributed by atoms with Gasteiger partial charge in [0.1, 0.15) is 0 Å². The summed E-state index contributed by atoms with van der Waals surface area (Å²) in [5.74, 6) is 0.753. The van der Waals surface area contributed by atoms with Gasteiger partial charge < -0.3 is 15.5 Å². The molecule has 6 heteroatoms. The van der Waals surface area contributed by atoms with Crippen molar-refractivity contribution in [1.29, 1.82) is 0 Å². The summed E-state index contributed by atoms with van der Waals surface area (Å²) in [6, 6.07) is 13.6. The number of nitrogens with zero attached hydrogens (tertiary/aromatic N) is 4. The lowest BCUT2D eigenvalue weighted by atomic mass is 10.2. The number of nitrogens with two attached hydrogens (primary N) is 1. The maximum absolute atomic E-state index is 12.9. The zero-order valence-electron chi connectivity index (χ0n) is 14.5. The third-order valence-electron chi connectivity index (χ3n) is 4.44. The molecule has 2 aromatic rings. The Labute approximate surface area is 148 Å². The summed E-state index contributed by atoms with van der Waals surface area (Å²) in [5, 5.41) is 8.43. The van der Waals surface area contributed by atoms with Crippen LogP contribution in [-0.4, -0.2) is 47.2 Å². The maximum Gasteiger partial charge on any atom is 0.274 e. The van der Waals surface area contributed by atoms with Gasteiger partial charge >= 0.3 is 0 Å². The van der Waals surface area contributed by atoms with Crippen LogP contribution in [0.4, 0.5) is 5.82 Å². The average molecular weight is 339 g/mol. The van der Waals surface area contributed by atoms with E-state index in [9.17, 15) is 4.79 Å². The Morgan fingerprint density at radius 3 is 2.48 bits per heavy atom. The van der Waals surface area contributed by atoms with E-state index in [1.165, 1.54) is 12.8 Å². The van der Waals surface area contributed by atoms with Crippen molar-refractivity contribution in [2.24, 2.45) is 5.73 Å². The Bertz CT molecular complexity index is 668. The molecule has 1 aliphatic heterocycles. The standard InChI is InChI=1S/C19H25N5O/c20-11-6-14-24(15-16-7-2-1-3-8-16)19(25)17-9-10-18(22-21-17)23-12-4-5-13-23/h1-3,7-10H,4-6,11-15,20H2. The van der Waals surface area contributed by atoms with Crippen molar-refractivity contribution in [2.45, 2.75) is 25.8 Å². The molecule has 0 saturated carbocycles. The van der Waals surface area contributed by atoms with E-state index in [1.807, 2.05) is 36.4 Å². The number of carbonyl (C=O) groups excluding carboxylic acids is 1. The van der Waals surface area contributed by atoms with Gasteiger partial charge in [0.25, 0.3) is 5.91 Å². The van der Waals surface area contributed by atoms with Crippen molar-refractivity contribution < 1.29 is 4.79 Å². The van der Waals surface area contributed by atoms with Crippen molar-refractivity contribution in [3.63, 3.8) is 0 Å². The molecule has 2 N–H and O–H groups in total. The molecule has 25 heavy (non-hydrogen) atoms. The summed E-state index contributed by atoms with van der Waals surface area (Å²) < 4.78 is 0. The maximum atomic E-state index is 12.9. The topological polar surface area (TPSA) is 75.3 Å². The van der Waals surface area contributed by atoms with E-state index in [1.54, 1.807) is 11.0 Å². The molecule has 1 aliphatic rings. The second-order valence-corrected chi connectivity index (χ2v) is 6.33. The molecule has 0 aliphatic carbocycles. The van der Waals surface area contributed by atoms with Crippen molar-refractivity contribution in [3.8, 4) is 0 Å². The molecule has 0 atom stereocenters. The van der Waals surface area contributed by atoms with Crippen molar-refractivity contribution in [3.05, 3.63) is 53.7 Å². The van der Waals surface area contributed by atoms with Crippen LogP contribution in [0.3, 0.4) is 0 Å². The van der Waals surface area contributed by atoms with Crippen LogP contribution in [-0.2, 0) is 6.54 Å². The second kappa shape index (κ2) is 8.58. The summed E-state index contributed by atoms with van der Waals surface area (Å²) in [7, 11) is 0. The number of hydrogen-bond acceptors (Lipinski definition) is 5. The number of benzene rings is 1. The van der Waals surface area contributed by atoms with Crippen LogP contribution < -0.4 is 10.6 Å². The van der Waals surface area contributed by atoms with Gasteiger partial charge in [0.05, 0.1) is 0 Å². The van der Waals surface area contributed by atoms with Crippen molar-refractivity contribution in [1.82, 2.24) is 15.1 Å². The predicted molar refractivity (Wildman–Crippen MR) is 98.3 cm³/mol. The molecule has 132 valence electrons. The van der Waals surface area contributed by atoms with Gasteiger partial charge in [-0.15, -0.1) is 10.2 Å². The molecule has 1 saturated heterocycles. The van der Waals surface area contributed by atoms with E-state index in [0.29, 0.717) is 25.3 Å². The number of amides is 1. The van der Waals surface area contributed by atoms with E-state index in [4.69, 9.17) is 5.73 Å². The summed E-state index contributed by atoms with van der Waals surface area (Å²) in [4.78, 5) is 16.9. The molecule has 0 bridgehead atoms. The van der Waals surface area contributed by atoms with Crippen molar-refractivity contribution >= 4 is 11.7 Å². The molecule has 1 amide bonds. The highest BCUT2D eigenvalue weighted by molar-refractivity contribution is 5.92. The molecule has 2 heterocycles. The number of rotatable bonds is 7. The smallest absolute Gasteiger partial charge is 0.274 e. The normalized spacial score (nSPS) is 13.9. The molecule has 1 aromatic heterocycles. The fourth-order valence-electron chi connectivity index (χ4n) is 3.05. The van der Waals surface area contributed by atoms with Gasteiger partial charge in [0.15, 0.2) is 11.5 Å². The molecule has 1 fully saturated rings. The zero-order valence-corrected chi connectivity index (χ0v) is 14.5. The third kappa shape index (κ3) is 4.54. The van der Waals surface area contributed by atoms with Crippen LogP contribution in [0.1, 0.15) is 35.3 Å². The van der Waals surface area contributed by atoms with Crippen LogP contribution in [0.2, 0.25) is 0 Å². The molecule has 3 rings (SSSR count). The quantitative estimate of drug-likeness (QED) is 0.836. The molecule has 6 nitrogen and oxygen atoms in total. The molecular weight excluding hydrogens is 314 g/mol. The third-order valence-corrected chi connectivity index (χ3v) is 4.44. The highest BCUT2D eigenvalue weighted by Gasteiger charge is 2.19. The predicted octanol–water partition coefficient (Wildman–Crippen LogP) is 2.07. The van der Waals surface area contributed by atoms with Gasteiger partial charge in [0, 0.05) is 26.2 Å². The summed E-state index contributed by atoms with van der Waals surface area (Å²) in [5.41, 5.74) is 7.10. The lowest BCUT2D eigenvalue weighted by molar-refractivity contribution is 0.0735. The number of hydrogen-bond donors (Lipinski definition) is 1. The molecule has 0 spiro atoms. The van der Waals surface area contributed by atoms with Crippen LogP contribution in [0.15, 0.2) is 42.5 Å². The zero-order chi connectivity index (χ0) is 17.5. The largest absolute Gasteiger partial charge is 0.355 e. The SMILES string of the molecule is NCCCN(Cc1ccccc1)C(=O)c1ccc(N2CCCC2)nn1. The fourth-order valence-corrected chi connectivity index (χ4v) is 3.05. The Morgan fingerprint density at radius 1 is 1.08 bits per heavy atom. The van der Waals surface area contributed by atoms with Gasteiger partial charge in [-0.25, -0.2) is 0 Å². The van der Waals surface area contributed by atoms with Gasteiger partial charge in [-0.2, -0.15) is 0 Å². The average Bonchev–Trinajstić information content (AvgIpc) is 3.20. The Hall–Kier alpha value is -2.47. The molecule has 0 unspecified atom stereocenters. The molecular formula is C19H25N5O. The number of anilines is 1. The minimum atomic E-state index is -0.0993. The monoisotopic (exact) mass is 339 g/mol. The Kier molecular flexibility index (Phi) is 5.95. The first-order chi connectivity index (χ1) is 12.3. The number of aromatic nitrogens is 2. The van der Waals surface area contributed by atoms with E-state index in [-0.39, 0.29) is 5.91 Å². The summed E-state index contributed by atoms with van der Waals surface area (Å²) >= 11 is 0. The van der Waals surface area contributed by atoms with Crippen LogP contribution in [0, 0.1) is 0 Å². The van der Waals surface area contributed by atoms with Gasteiger partial charge in [0.2, 0.25) is 0 Å². The van der Waals surface area contributed by atoms with E-state index >= 15 is 0 Å². The Balaban J connectivity index is 1.71. The van der Waals surface area contributed by atoms with E-state index in [0.717, 1.165) is 30.9 Å². The minimum Gasteiger partial charge on any atom is -0.355 e. The first-order valence-electron chi connectivity index (χ1n) is 8.90. The first-order valence-corrected chi connectivity index (χ1v) is 8.90. The highest BCUT2D eigenvalue weighted by atomic mass is 16.2. The van der Waals surface area contributed by atoms with E-state index < -0.39 is 0 Å². The van der Waals surface area contributed by atoms with E-state index in [2.05, 4.69) is 15.1 Å². The lowest BCUT2D eigenvalue weighted by Gasteiger charge is -2.22. The van der Waals surface area contributed by atoms with Crippen LogP contribution in [0.25, 0.3) is 0 Å². The fraction of sp³-hybridized carbons (Fsp3) is 0.421. The van der Waals surface area contributed by atoms with Crippen LogP contribution >= 0.6 is 0 Å². The highest BCUT2D eigenvalue weighted by Crippen LogP contribution is 2.17.